The number of rotatable bonds is 4. The number of nitrogens with zero attached hydrogens (tertiary/aromatic N) is 5. The molecule has 2 aromatic carbocycles. The molecule has 5 heteroatoms. The van der Waals surface area contributed by atoms with Crippen molar-refractivity contribution in [3.05, 3.63) is 76.9 Å². The molecule has 2 aromatic heterocycles. The number of para-hydroxylation sites is 2. The van der Waals surface area contributed by atoms with E-state index in [0.717, 1.165) is 58.7 Å². The van der Waals surface area contributed by atoms with Crippen LogP contribution in [0.1, 0.15) is 28.7 Å². The van der Waals surface area contributed by atoms with Crippen molar-refractivity contribution in [1.29, 1.82) is 5.26 Å². The fourth-order valence-electron chi connectivity index (χ4n) is 4.74. The Morgan fingerprint density at radius 2 is 1.81 bits per heavy atom. The lowest BCUT2D eigenvalue weighted by Gasteiger charge is -2.26. The van der Waals surface area contributed by atoms with Gasteiger partial charge in [0.05, 0.1) is 16.6 Å². The highest BCUT2D eigenvalue weighted by molar-refractivity contribution is 5.90. The van der Waals surface area contributed by atoms with Crippen molar-refractivity contribution in [3.8, 4) is 6.07 Å². The maximum Gasteiger partial charge on any atom is 0.157 e. The molecule has 32 heavy (non-hydrogen) atoms. The summed E-state index contributed by atoms with van der Waals surface area (Å²) in [6.45, 7) is 3.97. The number of imidazole rings is 1. The number of benzene rings is 2. The largest absolute Gasteiger partial charge is 0.356 e. The van der Waals surface area contributed by atoms with Crippen LogP contribution in [0.15, 0.2) is 54.6 Å². The van der Waals surface area contributed by atoms with E-state index in [1.54, 1.807) is 0 Å². The first kappa shape index (κ1) is 20.3. The minimum atomic E-state index is 0.502. The van der Waals surface area contributed by atoms with Crippen LogP contribution in [0, 0.1) is 18.3 Å². The molecule has 0 spiro atoms. The maximum absolute atomic E-state index is 10.1. The van der Waals surface area contributed by atoms with Crippen LogP contribution in [-0.4, -0.2) is 47.5 Å². The third kappa shape index (κ3) is 3.34. The van der Waals surface area contributed by atoms with Gasteiger partial charge in [0.25, 0.3) is 0 Å². The van der Waals surface area contributed by atoms with Crippen molar-refractivity contribution >= 4 is 34.7 Å². The van der Waals surface area contributed by atoms with E-state index in [2.05, 4.69) is 64.7 Å². The monoisotopic (exact) mass is 421 g/mol. The molecule has 4 aromatic rings. The van der Waals surface area contributed by atoms with Gasteiger partial charge in [0.15, 0.2) is 5.65 Å². The van der Waals surface area contributed by atoms with Crippen LogP contribution in [0.5, 0.6) is 0 Å². The number of nitriles is 1. The highest BCUT2D eigenvalue weighted by Crippen LogP contribution is 2.36. The second-order valence-corrected chi connectivity index (χ2v) is 8.70. The van der Waals surface area contributed by atoms with E-state index < -0.39 is 0 Å². The van der Waals surface area contributed by atoms with Gasteiger partial charge in [-0.05, 0) is 50.7 Å². The molecule has 1 atom stereocenters. The van der Waals surface area contributed by atoms with Gasteiger partial charge in [-0.1, -0.05) is 54.6 Å². The number of pyridine rings is 1. The van der Waals surface area contributed by atoms with Gasteiger partial charge in [0.2, 0.25) is 0 Å². The molecule has 0 radical (unpaired) electrons. The van der Waals surface area contributed by atoms with Crippen LogP contribution < -0.4 is 4.90 Å². The molecular formula is C27H27N5. The Hall–Kier alpha value is -3.62. The van der Waals surface area contributed by atoms with Crippen LogP contribution in [0.25, 0.3) is 28.8 Å². The average molecular weight is 422 g/mol. The van der Waals surface area contributed by atoms with E-state index in [9.17, 15) is 5.26 Å². The highest BCUT2D eigenvalue weighted by atomic mass is 15.3. The molecule has 5 nitrogen and oxygen atoms in total. The van der Waals surface area contributed by atoms with E-state index in [4.69, 9.17) is 4.98 Å². The summed E-state index contributed by atoms with van der Waals surface area (Å²) in [7, 11) is 4.30. The zero-order chi connectivity index (χ0) is 22.2. The fourth-order valence-corrected chi connectivity index (χ4v) is 4.74. The molecule has 5 rings (SSSR count). The first-order valence-corrected chi connectivity index (χ1v) is 11.1. The molecule has 3 heterocycles. The first-order valence-electron chi connectivity index (χ1n) is 11.1. The molecule has 0 unspecified atom stereocenters. The van der Waals surface area contributed by atoms with Crippen LogP contribution in [-0.2, 0) is 0 Å². The van der Waals surface area contributed by atoms with Gasteiger partial charge < -0.3 is 9.80 Å². The molecule has 1 aliphatic rings. The minimum Gasteiger partial charge on any atom is -0.356 e. The average Bonchev–Trinajstić information content (AvgIpc) is 3.44. The van der Waals surface area contributed by atoms with Crippen LogP contribution in [0.3, 0.4) is 0 Å². The number of likely N-dealkylation sites (N-methyl/N-ethyl adjacent to an activating group) is 1. The summed E-state index contributed by atoms with van der Waals surface area (Å²) in [5.74, 6) is 1.13. The lowest BCUT2D eigenvalue weighted by molar-refractivity contribution is 0.315. The minimum absolute atomic E-state index is 0.502. The van der Waals surface area contributed by atoms with Crippen molar-refractivity contribution in [2.24, 2.45) is 0 Å². The highest BCUT2D eigenvalue weighted by Gasteiger charge is 2.29. The number of aromatic nitrogens is 2. The number of hydrogen-bond acceptors (Lipinski definition) is 4. The Kier molecular flexibility index (Phi) is 5.16. The summed E-state index contributed by atoms with van der Waals surface area (Å²) in [6.07, 6.45) is 5.41. The van der Waals surface area contributed by atoms with E-state index in [0.29, 0.717) is 11.6 Å². The molecular weight excluding hydrogens is 394 g/mol. The van der Waals surface area contributed by atoms with E-state index in [-0.39, 0.29) is 0 Å². The zero-order valence-corrected chi connectivity index (χ0v) is 18.8. The molecule has 0 bridgehead atoms. The Morgan fingerprint density at radius 3 is 2.53 bits per heavy atom. The molecule has 0 saturated carbocycles. The molecule has 1 fully saturated rings. The second-order valence-electron chi connectivity index (χ2n) is 8.70. The summed E-state index contributed by atoms with van der Waals surface area (Å²) in [5.41, 5.74) is 6.53. The summed E-state index contributed by atoms with van der Waals surface area (Å²) in [5, 5.41) is 10.1. The topological polar surface area (TPSA) is 47.6 Å². The molecule has 0 N–H and O–H groups in total. The van der Waals surface area contributed by atoms with Gasteiger partial charge in [0.1, 0.15) is 11.9 Å². The maximum atomic E-state index is 10.1. The normalized spacial score (nSPS) is 16.6. The lowest BCUT2D eigenvalue weighted by atomic mass is 10.0. The second kappa shape index (κ2) is 8.14. The predicted octanol–water partition coefficient (Wildman–Crippen LogP) is 4.98. The van der Waals surface area contributed by atoms with E-state index in [1.807, 2.05) is 43.3 Å². The van der Waals surface area contributed by atoms with Gasteiger partial charge >= 0.3 is 0 Å². The standard InChI is InChI=1S/C27H27N5/c1-19-22(14-13-20-9-5-4-6-10-20)27(31-16-15-21(18-31)30(2)3)32-25-12-8-7-11-24(25)29-26(32)23(19)17-28/h4-14,21H,15-16,18H2,1-3H3/t21-/m0/s1. The molecule has 0 aliphatic carbocycles. The predicted molar refractivity (Wildman–Crippen MR) is 132 cm³/mol. The Balaban J connectivity index is 1.81. The molecule has 1 saturated heterocycles. The van der Waals surface area contributed by atoms with Crippen molar-refractivity contribution in [2.75, 3.05) is 32.1 Å². The van der Waals surface area contributed by atoms with Crippen LogP contribution in [0.2, 0.25) is 0 Å². The summed E-state index contributed by atoms with van der Waals surface area (Å²) >= 11 is 0. The summed E-state index contributed by atoms with van der Waals surface area (Å²) < 4.78 is 2.20. The third-order valence-electron chi connectivity index (χ3n) is 6.56. The van der Waals surface area contributed by atoms with E-state index >= 15 is 0 Å². The van der Waals surface area contributed by atoms with Gasteiger partial charge in [0, 0.05) is 24.7 Å². The van der Waals surface area contributed by atoms with Gasteiger partial charge in [-0.15, -0.1) is 0 Å². The molecule has 160 valence electrons. The van der Waals surface area contributed by atoms with Gasteiger partial charge in [-0.3, -0.25) is 4.40 Å². The van der Waals surface area contributed by atoms with Crippen molar-refractivity contribution < 1.29 is 0 Å². The Bertz CT molecular complexity index is 1360. The molecule has 1 aliphatic heterocycles. The number of hydrogen-bond donors (Lipinski definition) is 0. The fraction of sp³-hybridized carbons (Fsp3) is 0.259. The van der Waals surface area contributed by atoms with E-state index in [1.165, 1.54) is 0 Å². The number of anilines is 1. The Morgan fingerprint density at radius 1 is 1.06 bits per heavy atom. The smallest absolute Gasteiger partial charge is 0.157 e. The van der Waals surface area contributed by atoms with Gasteiger partial charge in [-0.25, -0.2) is 4.98 Å². The summed E-state index contributed by atoms with van der Waals surface area (Å²) in [6, 6.07) is 21.4. The molecule has 0 amide bonds. The van der Waals surface area contributed by atoms with Gasteiger partial charge in [-0.2, -0.15) is 5.26 Å². The quantitative estimate of drug-likeness (QED) is 0.466. The van der Waals surface area contributed by atoms with Crippen molar-refractivity contribution in [3.63, 3.8) is 0 Å². The third-order valence-corrected chi connectivity index (χ3v) is 6.56. The lowest BCUT2D eigenvalue weighted by Crippen LogP contribution is -2.32. The van der Waals surface area contributed by atoms with Crippen LogP contribution in [0.4, 0.5) is 5.82 Å². The Labute approximate surface area is 188 Å². The van der Waals surface area contributed by atoms with Crippen molar-refractivity contribution in [2.45, 2.75) is 19.4 Å². The zero-order valence-electron chi connectivity index (χ0n) is 18.8. The SMILES string of the molecule is Cc1c(C=Cc2ccccc2)c(N2CC[C@H](N(C)C)C2)n2c(nc3ccccc32)c1C#N. The van der Waals surface area contributed by atoms with Crippen LogP contribution >= 0.6 is 0 Å². The van der Waals surface area contributed by atoms with Crippen molar-refractivity contribution in [1.82, 2.24) is 14.3 Å². The number of fused-ring (bicyclic) bond motifs is 3. The summed E-state index contributed by atoms with van der Waals surface area (Å²) in [4.78, 5) is 9.64. The first-order chi connectivity index (χ1) is 15.6.